The Labute approximate surface area is 96.7 Å². The van der Waals surface area contributed by atoms with Crippen molar-refractivity contribution in [2.75, 3.05) is 5.75 Å². The maximum atomic E-state index is 12.2. The van der Waals surface area contributed by atoms with Crippen LogP contribution in [-0.2, 0) is 4.79 Å². The van der Waals surface area contributed by atoms with Crippen molar-refractivity contribution in [1.82, 2.24) is 0 Å². The summed E-state index contributed by atoms with van der Waals surface area (Å²) in [5.74, 6) is 1.64. The number of carbonyl (C=O) groups is 1. The number of hydrogen-bond acceptors (Lipinski definition) is 2. The first-order valence-corrected chi connectivity index (χ1v) is 7.27. The molecule has 2 heteroatoms. The normalized spacial score (nSPS) is 28.0. The third-order valence-electron chi connectivity index (χ3n) is 3.33. The lowest BCUT2D eigenvalue weighted by atomic mass is 9.95. The molecule has 0 amide bonds. The van der Waals surface area contributed by atoms with Gasteiger partial charge in [0.2, 0.25) is 0 Å². The van der Waals surface area contributed by atoms with Gasteiger partial charge in [-0.05, 0) is 49.9 Å². The summed E-state index contributed by atoms with van der Waals surface area (Å²) in [4.78, 5) is 12.2. The number of ketones is 1. The van der Waals surface area contributed by atoms with Crippen molar-refractivity contribution in [1.29, 1.82) is 0 Å². The molecule has 0 radical (unpaired) electrons. The van der Waals surface area contributed by atoms with Crippen molar-refractivity contribution in [3.05, 3.63) is 11.6 Å². The van der Waals surface area contributed by atoms with E-state index in [-0.39, 0.29) is 0 Å². The van der Waals surface area contributed by atoms with Crippen LogP contribution in [-0.4, -0.2) is 16.8 Å². The highest BCUT2D eigenvalue weighted by Crippen LogP contribution is 2.30. The molecule has 0 aromatic rings. The van der Waals surface area contributed by atoms with Gasteiger partial charge in [-0.25, -0.2) is 0 Å². The van der Waals surface area contributed by atoms with Crippen molar-refractivity contribution in [3.8, 4) is 0 Å². The number of allylic oxidation sites excluding steroid dienone is 2. The molecular formula is C13H20OS. The number of thioether (sulfide) groups is 1. The predicted molar refractivity (Wildman–Crippen MR) is 66.3 cm³/mol. The van der Waals surface area contributed by atoms with Gasteiger partial charge in [0, 0.05) is 0 Å². The largest absolute Gasteiger partial charge is 0.293 e. The zero-order valence-corrected chi connectivity index (χ0v) is 10.2. The summed E-state index contributed by atoms with van der Waals surface area (Å²) in [6, 6.07) is 0. The number of hydrogen-bond donors (Lipinski definition) is 0. The third kappa shape index (κ3) is 3.10. The average Bonchev–Trinajstić information content (AvgIpc) is 2.68. The Balaban J connectivity index is 1.96. The van der Waals surface area contributed by atoms with Gasteiger partial charge in [-0.15, -0.1) is 0 Å². The van der Waals surface area contributed by atoms with Crippen LogP contribution in [0.25, 0.3) is 0 Å². The molecule has 1 atom stereocenters. The Kier molecular flexibility index (Phi) is 4.30. The van der Waals surface area contributed by atoms with Crippen molar-refractivity contribution in [2.24, 2.45) is 0 Å². The SMILES string of the molecule is O=C(C1=CCCCCCC1)C1CCCS1. The number of Topliss-reactive ketones (excluding diaryl/α,β-unsaturated/α-hetero) is 1. The van der Waals surface area contributed by atoms with Crippen LogP contribution in [0.1, 0.15) is 51.4 Å². The van der Waals surface area contributed by atoms with Gasteiger partial charge in [-0.1, -0.05) is 18.9 Å². The molecule has 1 heterocycles. The van der Waals surface area contributed by atoms with Crippen LogP contribution in [0.15, 0.2) is 11.6 Å². The van der Waals surface area contributed by atoms with Gasteiger partial charge in [0.1, 0.15) is 0 Å². The fraction of sp³-hybridized carbons (Fsp3) is 0.769. The van der Waals surface area contributed by atoms with Gasteiger partial charge in [-0.3, -0.25) is 4.79 Å². The molecule has 1 nitrogen and oxygen atoms in total. The monoisotopic (exact) mass is 224 g/mol. The fourth-order valence-electron chi connectivity index (χ4n) is 2.41. The van der Waals surface area contributed by atoms with E-state index in [0.717, 1.165) is 24.8 Å². The van der Waals surface area contributed by atoms with Gasteiger partial charge in [0.05, 0.1) is 5.25 Å². The first-order valence-electron chi connectivity index (χ1n) is 6.23. The van der Waals surface area contributed by atoms with Crippen molar-refractivity contribution in [2.45, 2.75) is 56.6 Å². The first kappa shape index (κ1) is 11.3. The fourth-order valence-corrected chi connectivity index (χ4v) is 3.66. The minimum Gasteiger partial charge on any atom is -0.293 e. The lowest BCUT2D eigenvalue weighted by Gasteiger charge is -2.13. The summed E-state index contributed by atoms with van der Waals surface area (Å²) in [6.07, 6.45) is 11.9. The number of rotatable bonds is 2. The second-order valence-electron chi connectivity index (χ2n) is 4.55. The van der Waals surface area contributed by atoms with E-state index < -0.39 is 0 Å². The molecule has 1 aliphatic carbocycles. The van der Waals surface area contributed by atoms with Crippen LogP contribution in [0, 0.1) is 0 Å². The van der Waals surface area contributed by atoms with E-state index in [1.165, 1.54) is 37.9 Å². The van der Waals surface area contributed by atoms with Gasteiger partial charge in [0.25, 0.3) is 0 Å². The Morgan fingerprint density at radius 2 is 2.07 bits per heavy atom. The first-order chi connectivity index (χ1) is 7.38. The van der Waals surface area contributed by atoms with Crippen molar-refractivity contribution < 1.29 is 4.79 Å². The van der Waals surface area contributed by atoms with E-state index in [0.29, 0.717) is 11.0 Å². The van der Waals surface area contributed by atoms with Gasteiger partial charge >= 0.3 is 0 Å². The molecule has 1 fully saturated rings. The minimum absolute atomic E-state index is 0.302. The molecule has 2 aliphatic rings. The summed E-state index contributed by atoms with van der Waals surface area (Å²) < 4.78 is 0. The molecule has 84 valence electrons. The molecule has 0 N–H and O–H groups in total. The van der Waals surface area contributed by atoms with Crippen LogP contribution in [0.2, 0.25) is 0 Å². The maximum Gasteiger partial charge on any atom is 0.171 e. The Bertz CT molecular complexity index is 251. The van der Waals surface area contributed by atoms with E-state index in [1.807, 2.05) is 11.8 Å². The molecule has 0 bridgehead atoms. The van der Waals surface area contributed by atoms with Gasteiger partial charge in [-0.2, -0.15) is 11.8 Å². The molecule has 1 unspecified atom stereocenters. The molecule has 0 aromatic heterocycles. The highest BCUT2D eigenvalue weighted by molar-refractivity contribution is 8.00. The zero-order chi connectivity index (χ0) is 10.5. The molecule has 1 aliphatic heterocycles. The number of carbonyl (C=O) groups excluding carboxylic acids is 1. The summed E-state index contributed by atoms with van der Waals surface area (Å²) in [6.45, 7) is 0. The standard InChI is InChI=1S/C13H20OS/c14-13(12-9-6-10-15-12)11-7-4-2-1-3-5-8-11/h7,12H,1-6,8-10H2. The predicted octanol–water partition coefficient (Wildman–Crippen LogP) is 3.73. The van der Waals surface area contributed by atoms with Gasteiger partial charge < -0.3 is 0 Å². The zero-order valence-electron chi connectivity index (χ0n) is 9.34. The van der Waals surface area contributed by atoms with E-state index >= 15 is 0 Å². The van der Waals surface area contributed by atoms with E-state index in [9.17, 15) is 4.79 Å². The lowest BCUT2D eigenvalue weighted by molar-refractivity contribution is -0.115. The van der Waals surface area contributed by atoms with Crippen LogP contribution in [0.4, 0.5) is 0 Å². The molecule has 1 saturated heterocycles. The second-order valence-corrected chi connectivity index (χ2v) is 5.86. The summed E-state index contributed by atoms with van der Waals surface area (Å²) >= 11 is 1.87. The van der Waals surface area contributed by atoms with E-state index in [4.69, 9.17) is 0 Å². The molecule has 0 aromatic carbocycles. The summed E-state index contributed by atoms with van der Waals surface area (Å²) in [7, 11) is 0. The third-order valence-corrected chi connectivity index (χ3v) is 4.71. The highest BCUT2D eigenvalue weighted by Gasteiger charge is 2.25. The molecule has 15 heavy (non-hydrogen) atoms. The van der Waals surface area contributed by atoms with Crippen LogP contribution < -0.4 is 0 Å². The maximum absolute atomic E-state index is 12.2. The molecular weight excluding hydrogens is 204 g/mol. The Morgan fingerprint density at radius 1 is 1.20 bits per heavy atom. The van der Waals surface area contributed by atoms with E-state index in [2.05, 4.69) is 6.08 Å². The molecule has 0 spiro atoms. The smallest absolute Gasteiger partial charge is 0.171 e. The average molecular weight is 224 g/mol. The minimum atomic E-state index is 0.302. The molecule has 2 rings (SSSR count). The quantitative estimate of drug-likeness (QED) is 0.711. The lowest BCUT2D eigenvalue weighted by Crippen LogP contribution is -2.17. The summed E-state index contributed by atoms with van der Waals surface area (Å²) in [5.41, 5.74) is 1.15. The second kappa shape index (κ2) is 5.74. The van der Waals surface area contributed by atoms with Crippen LogP contribution in [0.5, 0.6) is 0 Å². The summed E-state index contributed by atoms with van der Waals surface area (Å²) in [5, 5.41) is 0.302. The van der Waals surface area contributed by atoms with Crippen LogP contribution >= 0.6 is 11.8 Å². The highest BCUT2D eigenvalue weighted by atomic mass is 32.2. The van der Waals surface area contributed by atoms with Crippen molar-refractivity contribution in [3.63, 3.8) is 0 Å². The Hall–Kier alpha value is -0.240. The molecule has 0 saturated carbocycles. The van der Waals surface area contributed by atoms with E-state index in [1.54, 1.807) is 0 Å². The topological polar surface area (TPSA) is 17.1 Å². The van der Waals surface area contributed by atoms with Crippen molar-refractivity contribution >= 4 is 17.5 Å². The van der Waals surface area contributed by atoms with Crippen LogP contribution in [0.3, 0.4) is 0 Å². The Morgan fingerprint density at radius 3 is 2.87 bits per heavy atom. The van der Waals surface area contributed by atoms with Gasteiger partial charge in [0.15, 0.2) is 5.78 Å².